The van der Waals surface area contributed by atoms with Crippen LogP contribution >= 0.6 is 11.8 Å². The number of carbonyl (C=O) groups is 1. The van der Waals surface area contributed by atoms with Crippen LogP contribution in [-0.2, 0) is 23.2 Å². The lowest BCUT2D eigenvalue weighted by molar-refractivity contribution is -0.113. The Kier molecular flexibility index (Phi) is 7.22. The zero-order valence-electron chi connectivity index (χ0n) is 18.4. The first-order valence-corrected chi connectivity index (χ1v) is 11.2. The second-order valence-electron chi connectivity index (χ2n) is 8.18. The molecule has 2 aromatic carbocycles. The van der Waals surface area contributed by atoms with Crippen molar-refractivity contribution in [3.05, 3.63) is 65.5 Å². The van der Waals surface area contributed by atoms with E-state index in [9.17, 15) is 4.79 Å². The van der Waals surface area contributed by atoms with Gasteiger partial charge in [-0.15, -0.1) is 10.2 Å². The first-order chi connectivity index (χ1) is 14.8. The van der Waals surface area contributed by atoms with Crippen molar-refractivity contribution in [2.45, 2.75) is 51.3 Å². The van der Waals surface area contributed by atoms with E-state index in [0.29, 0.717) is 11.0 Å². The monoisotopic (exact) mass is 439 g/mol. The number of rotatable bonds is 8. The Labute approximate surface area is 187 Å². The highest BCUT2D eigenvalue weighted by Gasteiger charge is 2.15. The van der Waals surface area contributed by atoms with Gasteiger partial charge in [-0.1, -0.05) is 69.8 Å². The van der Waals surface area contributed by atoms with Crippen molar-refractivity contribution >= 4 is 23.4 Å². The molecular formula is C23H29N5O2S. The molecule has 1 heterocycles. The minimum atomic E-state index is -0.120. The lowest BCUT2D eigenvalue weighted by Crippen LogP contribution is -2.18. The van der Waals surface area contributed by atoms with Gasteiger partial charge in [0.25, 0.3) is 0 Å². The summed E-state index contributed by atoms with van der Waals surface area (Å²) >= 11 is 1.23. The largest absolute Gasteiger partial charge is 0.486 e. The number of benzene rings is 2. The molecule has 0 aliphatic rings. The summed E-state index contributed by atoms with van der Waals surface area (Å²) in [4.78, 5) is 12.3. The molecule has 3 N–H and O–H groups in total. The second kappa shape index (κ2) is 9.87. The molecule has 0 saturated heterocycles. The van der Waals surface area contributed by atoms with Gasteiger partial charge >= 0.3 is 0 Å². The van der Waals surface area contributed by atoms with Gasteiger partial charge in [-0.2, -0.15) is 0 Å². The Morgan fingerprint density at radius 2 is 1.84 bits per heavy atom. The van der Waals surface area contributed by atoms with Gasteiger partial charge in [-0.05, 0) is 41.2 Å². The molecule has 0 spiro atoms. The number of hydrogen-bond acceptors (Lipinski definition) is 6. The van der Waals surface area contributed by atoms with Crippen LogP contribution < -0.4 is 15.9 Å². The van der Waals surface area contributed by atoms with Gasteiger partial charge in [0.2, 0.25) is 11.1 Å². The SMILES string of the molecule is CCc1ccccc1NC(=O)CSc1nnc(COc2ccc(C(C)(C)C)cc2)n1N. The number of para-hydroxylation sites is 1. The van der Waals surface area contributed by atoms with Crippen molar-refractivity contribution in [1.29, 1.82) is 0 Å². The van der Waals surface area contributed by atoms with E-state index in [-0.39, 0.29) is 23.7 Å². The lowest BCUT2D eigenvalue weighted by Gasteiger charge is -2.19. The third kappa shape index (κ3) is 6.01. The summed E-state index contributed by atoms with van der Waals surface area (Å²) < 4.78 is 7.15. The number of nitrogens with zero attached hydrogens (tertiary/aromatic N) is 3. The number of aryl methyl sites for hydroxylation is 1. The number of carbonyl (C=O) groups excluding carboxylic acids is 1. The van der Waals surface area contributed by atoms with Crippen LogP contribution in [0.15, 0.2) is 53.7 Å². The zero-order valence-corrected chi connectivity index (χ0v) is 19.2. The number of nitrogens with one attached hydrogen (secondary N) is 1. The highest BCUT2D eigenvalue weighted by atomic mass is 32.2. The van der Waals surface area contributed by atoms with E-state index in [1.807, 2.05) is 36.4 Å². The normalized spacial score (nSPS) is 11.4. The van der Waals surface area contributed by atoms with Crippen LogP contribution in [0.4, 0.5) is 5.69 Å². The van der Waals surface area contributed by atoms with Crippen LogP contribution in [0.3, 0.4) is 0 Å². The fraction of sp³-hybridized carbons (Fsp3) is 0.348. The maximum Gasteiger partial charge on any atom is 0.234 e. The van der Waals surface area contributed by atoms with Crippen molar-refractivity contribution in [3.63, 3.8) is 0 Å². The van der Waals surface area contributed by atoms with Crippen LogP contribution in [0, 0.1) is 0 Å². The molecule has 7 nitrogen and oxygen atoms in total. The molecule has 8 heteroatoms. The summed E-state index contributed by atoms with van der Waals surface area (Å²) in [6.07, 6.45) is 0.850. The van der Waals surface area contributed by atoms with Gasteiger partial charge in [0.05, 0.1) is 5.75 Å². The van der Waals surface area contributed by atoms with E-state index in [1.165, 1.54) is 22.0 Å². The van der Waals surface area contributed by atoms with Crippen LogP contribution in [0.25, 0.3) is 0 Å². The maximum absolute atomic E-state index is 12.3. The highest BCUT2D eigenvalue weighted by Crippen LogP contribution is 2.25. The molecule has 0 atom stereocenters. The number of anilines is 1. The summed E-state index contributed by atoms with van der Waals surface area (Å²) in [7, 11) is 0. The standard InChI is InChI=1S/C23H29N5O2S/c1-5-16-8-6-7-9-19(16)25-21(29)15-31-22-27-26-20(28(22)24)14-30-18-12-10-17(11-13-18)23(2,3)4/h6-13H,5,14-15,24H2,1-4H3,(H,25,29). The Morgan fingerprint density at radius 1 is 1.13 bits per heavy atom. The summed E-state index contributed by atoms with van der Waals surface area (Å²) in [5.41, 5.74) is 3.25. The van der Waals surface area contributed by atoms with Crippen LogP contribution in [0.5, 0.6) is 5.75 Å². The van der Waals surface area contributed by atoms with Gasteiger partial charge in [0.15, 0.2) is 5.82 Å². The molecule has 0 unspecified atom stereocenters. The molecule has 1 aromatic heterocycles. The van der Waals surface area contributed by atoms with Crippen molar-refractivity contribution in [2.75, 3.05) is 16.9 Å². The van der Waals surface area contributed by atoms with Gasteiger partial charge in [0.1, 0.15) is 12.4 Å². The molecule has 0 fully saturated rings. The first-order valence-electron chi connectivity index (χ1n) is 10.2. The van der Waals surface area contributed by atoms with E-state index >= 15 is 0 Å². The second-order valence-corrected chi connectivity index (χ2v) is 9.12. The number of hydrogen-bond donors (Lipinski definition) is 2. The quantitative estimate of drug-likeness (QED) is 0.404. The van der Waals surface area contributed by atoms with Crippen LogP contribution in [0.2, 0.25) is 0 Å². The fourth-order valence-electron chi connectivity index (χ4n) is 2.97. The lowest BCUT2D eigenvalue weighted by atomic mass is 9.87. The average molecular weight is 440 g/mol. The predicted octanol–water partition coefficient (Wildman–Crippen LogP) is 4.16. The molecule has 31 heavy (non-hydrogen) atoms. The molecule has 1 amide bonds. The van der Waals surface area contributed by atoms with Gasteiger partial charge in [-0.3, -0.25) is 4.79 Å². The summed E-state index contributed by atoms with van der Waals surface area (Å²) in [5.74, 6) is 7.38. The van der Waals surface area contributed by atoms with E-state index < -0.39 is 0 Å². The molecule has 3 aromatic rings. The highest BCUT2D eigenvalue weighted by molar-refractivity contribution is 7.99. The fourth-order valence-corrected chi connectivity index (χ4v) is 3.65. The Bertz CT molecular complexity index is 1030. The molecule has 0 aliphatic carbocycles. The molecule has 3 rings (SSSR count). The van der Waals surface area contributed by atoms with Gasteiger partial charge < -0.3 is 15.9 Å². The summed E-state index contributed by atoms with van der Waals surface area (Å²) in [5, 5.41) is 11.6. The number of ether oxygens (including phenoxy) is 1. The molecule has 164 valence electrons. The zero-order chi connectivity index (χ0) is 22.4. The van der Waals surface area contributed by atoms with Crippen LogP contribution in [0.1, 0.15) is 44.6 Å². The molecule has 0 saturated carbocycles. The van der Waals surface area contributed by atoms with E-state index in [1.54, 1.807) is 0 Å². The number of nitrogen functional groups attached to an aromatic ring is 1. The van der Waals surface area contributed by atoms with Crippen molar-refractivity contribution in [2.24, 2.45) is 0 Å². The minimum absolute atomic E-state index is 0.0903. The number of aromatic nitrogens is 3. The average Bonchev–Trinajstić information content (AvgIpc) is 3.10. The van der Waals surface area contributed by atoms with E-state index in [0.717, 1.165) is 23.4 Å². The third-order valence-corrected chi connectivity index (χ3v) is 5.77. The number of thioether (sulfide) groups is 1. The van der Waals surface area contributed by atoms with Gasteiger partial charge in [0, 0.05) is 5.69 Å². The van der Waals surface area contributed by atoms with Crippen molar-refractivity contribution in [3.8, 4) is 5.75 Å². The van der Waals surface area contributed by atoms with E-state index in [4.69, 9.17) is 10.6 Å². The van der Waals surface area contributed by atoms with E-state index in [2.05, 4.69) is 55.3 Å². The summed E-state index contributed by atoms with van der Waals surface area (Å²) in [6.45, 7) is 8.75. The van der Waals surface area contributed by atoms with Crippen molar-refractivity contribution < 1.29 is 9.53 Å². The predicted molar refractivity (Wildman–Crippen MR) is 125 cm³/mol. The Hall–Kier alpha value is -3.00. The maximum atomic E-state index is 12.3. The van der Waals surface area contributed by atoms with Crippen molar-refractivity contribution in [1.82, 2.24) is 14.9 Å². The topological polar surface area (TPSA) is 95.1 Å². The number of nitrogens with two attached hydrogens (primary N) is 1. The molecule has 0 radical (unpaired) electrons. The van der Waals surface area contributed by atoms with Gasteiger partial charge in [-0.25, -0.2) is 4.68 Å². The smallest absolute Gasteiger partial charge is 0.234 e. The number of amides is 1. The van der Waals surface area contributed by atoms with Crippen LogP contribution in [-0.4, -0.2) is 26.5 Å². The molecule has 0 aliphatic heterocycles. The Morgan fingerprint density at radius 3 is 2.52 bits per heavy atom. The first kappa shape index (κ1) is 22.7. The Balaban J connectivity index is 1.53. The summed E-state index contributed by atoms with van der Waals surface area (Å²) in [6, 6.07) is 15.7. The third-order valence-electron chi connectivity index (χ3n) is 4.83. The molecule has 0 bridgehead atoms. The minimum Gasteiger partial charge on any atom is -0.486 e. The molecular weight excluding hydrogens is 410 g/mol.